The Morgan fingerprint density at radius 2 is 2.09 bits per heavy atom. The number of hydrogen-bond acceptors (Lipinski definition) is 4. The van der Waals surface area contributed by atoms with Crippen LogP contribution in [0.2, 0.25) is 0 Å². The van der Waals surface area contributed by atoms with E-state index in [-0.39, 0.29) is 5.92 Å². The first kappa shape index (κ1) is 16.6. The lowest BCUT2D eigenvalue weighted by Crippen LogP contribution is -2.25. The second-order valence-corrected chi connectivity index (χ2v) is 6.21. The molecule has 1 aromatic heterocycles. The fourth-order valence-electron chi connectivity index (χ4n) is 2.54. The predicted molar refractivity (Wildman–Crippen MR) is 85.4 cm³/mol. The minimum absolute atomic E-state index is 0.288. The highest BCUT2D eigenvalue weighted by atomic mass is 79.9. The molecule has 2 atom stereocenters. The number of aliphatic carboxylic acids is 1. The van der Waals surface area contributed by atoms with E-state index in [4.69, 9.17) is 0 Å². The number of nitrogens with zero attached hydrogens (tertiary/aromatic N) is 3. The van der Waals surface area contributed by atoms with Crippen molar-refractivity contribution in [2.45, 2.75) is 38.5 Å². The van der Waals surface area contributed by atoms with Crippen molar-refractivity contribution in [1.29, 1.82) is 0 Å². The molecule has 22 heavy (non-hydrogen) atoms. The molecule has 1 heterocycles. The van der Waals surface area contributed by atoms with E-state index >= 15 is 0 Å². The summed E-state index contributed by atoms with van der Waals surface area (Å²) in [5, 5.41) is 23.6. The van der Waals surface area contributed by atoms with Crippen LogP contribution < -0.4 is 0 Å². The molecular formula is C15H19BrN4O2. The van der Waals surface area contributed by atoms with Crippen molar-refractivity contribution in [3.8, 4) is 0 Å². The highest BCUT2D eigenvalue weighted by Gasteiger charge is 2.32. The molecule has 2 aromatic rings. The van der Waals surface area contributed by atoms with Crippen LogP contribution in [0.15, 0.2) is 28.7 Å². The topological polar surface area (TPSA) is 91.8 Å². The molecule has 2 rings (SSSR count). The van der Waals surface area contributed by atoms with Crippen LogP contribution >= 0.6 is 15.9 Å². The highest BCUT2D eigenvalue weighted by molar-refractivity contribution is 9.10. The number of H-pyrrole nitrogens is 1. The molecule has 2 N–H and O–H groups in total. The van der Waals surface area contributed by atoms with E-state index in [1.54, 1.807) is 0 Å². The number of carbonyl (C=O) groups is 1. The first-order valence-corrected chi connectivity index (χ1v) is 8.11. The first-order valence-electron chi connectivity index (χ1n) is 7.32. The molecule has 0 spiro atoms. The van der Waals surface area contributed by atoms with Gasteiger partial charge in [0, 0.05) is 10.4 Å². The number of aromatic nitrogens is 4. The monoisotopic (exact) mass is 366 g/mol. The van der Waals surface area contributed by atoms with Gasteiger partial charge in [-0.3, -0.25) is 4.79 Å². The lowest BCUT2D eigenvalue weighted by Gasteiger charge is -2.21. The number of carboxylic acid groups (broad SMARTS) is 1. The van der Waals surface area contributed by atoms with Crippen LogP contribution in [-0.4, -0.2) is 31.7 Å². The molecular weight excluding hydrogens is 348 g/mol. The summed E-state index contributed by atoms with van der Waals surface area (Å²) < 4.78 is 0.994. The summed E-state index contributed by atoms with van der Waals surface area (Å²) in [5.74, 6) is -1.14. The Bertz CT molecular complexity index is 586. The maximum absolute atomic E-state index is 11.7. The Labute approximate surface area is 137 Å². The van der Waals surface area contributed by atoms with Crippen molar-refractivity contribution >= 4 is 21.9 Å². The van der Waals surface area contributed by atoms with E-state index in [9.17, 15) is 9.90 Å². The van der Waals surface area contributed by atoms with Crippen molar-refractivity contribution in [2.24, 2.45) is 5.92 Å². The van der Waals surface area contributed by atoms with E-state index in [0.717, 1.165) is 22.9 Å². The Hall–Kier alpha value is -1.76. The number of halogens is 1. The number of benzene rings is 1. The molecule has 0 radical (unpaired) electrons. The SMILES string of the molecule is CCCCC(C(=O)O)[C@@H](Cc1ccc(Br)cc1)c1nn[nH]n1. The summed E-state index contributed by atoms with van der Waals surface area (Å²) >= 11 is 3.40. The smallest absolute Gasteiger partial charge is 0.307 e. The first-order chi connectivity index (χ1) is 10.6. The lowest BCUT2D eigenvalue weighted by atomic mass is 9.83. The molecule has 1 unspecified atom stereocenters. The molecule has 118 valence electrons. The molecule has 0 amide bonds. The van der Waals surface area contributed by atoms with Gasteiger partial charge >= 0.3 is 5.97 Å². The average Bonchev–Trinajstić information content (AvgIpc) is 3.02. The second kappa shape index (κ2) is 8.03. The Kier molecular flexibility index (Phi) is 6.06. The van der Waals surface area contributed by atoms with Crippen molar-refractivity contribution < 1.29 is 9.90 Å². The van der Waals surface area contributed by atoms with E-state index < -0.39 is 11.9 Å². The van der Waals surface area contributed by atoms with E-state index in [1.807, 2.05) is 24.3 Å². The van der Waals surface area contributed by atoms with Gasteiger partial charge < -0.3 is 5.11 Å². The number of carboxylic acids is 1. The summed E-state index contributed by atoms with van der Waals surface area (Å²) in [6, 6.07) is 7.86. The van der Waals surface area contributed by atoms with Crippen LogP contribution in [0.1, 0.15) is 43.5 Å². The van der Waals surface area contributed by atoms with E-state index in [0.29, 0.717) is 18.7 Å². The van der Waals surface area contributed by atoms with Gasteiger partial charge in [-0.05, 0) is 30.5 Å². The molecule has 0 aliphatic heterocycles. The summed E-state index contributed by atoms with van der Waals surface area (Å²) in [6.45, 7) is 2.05. The maximum atomic E-state index is 11.7. The van der Waals surface area contributed by atoms with Crippen molar-refractivity contribution in [3.63, 3.8) is 0 Å². The molecule has 0 saturated carbocycles. The third-order valence-corrected chi connectivity index (χ3v) is 4.26. The van der Waals surface area contributed by atoms with Crippen LogP contribution in [0.25, 0.3) is 0 Å². The summed E-state index contributed by atoms with van der Waals surface area (Å²) in [6.07, 6.45) is 3.02. The largest absolute Gasteiger partial charge is 0.481 e. The van der Waals surface area contributed by atoms with Gasteiger partial charge in [-0.15, -0.1) is 10.2 Å². The molecule has 0 bridgehead atoms. The van der Waals surface area contributed by atoms with E-state index in [1.165, 1.54) is 0 Å². The number of rotatable bonds is 8. The molecule has 0 aliphatic rings. The van der Waals surface area contributed by atoms with Crippen LogP contribution in [-0.2, 0) is 11.2 Å². The van der Waals surface area contributed by atoms with Crippen molar-refractivity contribution in [2.75, 3.05) is 0 Å². The second-order valence-electron chi connectivity index (χ2n) is 5.29. The lowest BCUT2D eigenvalue weighted by molar-refractivity contribution is -0.143. The van der Waals surface area contributed by atoms with Gasteiger partial charge in [0.15, 0.2) is 5.82 Å². The zero-order valence-corrected chi connectivity index (χ0v) is 14.0. The normalized spacial score (nSPS) is 13.7. The summed E-state index contributed by atoms with van der Waals surface area (Å²) in [5.41, 5.74) is 1.06. The standard InChI is InChI=1S/C15H19BrN4O2/c1-2-3-4-12(15(21)22)13(14-17-19-20-18-14)9-10-5-7-11(16)8-6-10/h5-8,12-13H,2-4,9H2,1H3,(H,21,22)(H,17,18,19,20)/t12?,13-/m1/s1. The molecule has 7 heteroatoms. The number of hydrogen-bond donors (Lipinski definition) is 2. The zero-order chi connectivity index (χ0) is 15.9. The molecule has 6 nitrogen and oxygen atoms in total. The Balaban J connectivity index is 2.25. The van der Waals surface area contributed by atoms with Crippen LogP contribution in [0.5, 0.6) is 0 Å². The number of tetrazole rings is 1. The number of aromatic amines is 1. The van der Waals surface area contributed by atoms with Crippen LogP contribution in [0.4, 0.5) is 0 Å². The van der Waals surface area contributed by atoms with Gasteiger partial charge in [-0.1, -0.05) is 53.0 Å². The fraction of sp³-hybridized carbons (Fsp3) is 0.467. The Morgan fingerprint density at radius 3 is 2.64 bits per heavy atom. The van der Waals surface area contributed by atoms with Gasteiger partial charge in [0.25, 0.3) is 0 Å². The number of nitrogens with one attached hydrogen (secondary N) is 1. The Morgan fingerprint density at radius 1 is 1.36 bits per heavy atom. The minimum Gasteiger partial charge on any atom is -0.481 e. The predicted octanol–water partition coefficient (Wildman–Crippen LogP) is 3.18. The van der Waals surface area contributed by atoms with Gasteiger partial charge in [0.1, 0.15) is 0 Å². The number of unbranched alkanes of at least 4 members (excludes halogenated alkanes) is 1. The van der Waals surface area contributed by atoms with E-state index in [2.05, 4.69) is 43.5 Å². The van der Waals surface area contributed by atoms with Gasteiger partial charge in [0.05, 0.1) is 5.92 Å². The maximum Gasteiger partial charge on any atom is 0.307 e. The van der Waals surface area contributed by atoms with Gasteiger partial charge in [0.2, 0.25) is 0 Å². The quantitative estimate of drug-likeness (QED) is 0.748. The van der Waals surface area contributed by atoms with Crippen LogP contribution in [0.3, 0.4) is 0 Å². The fourth-order valence-corrected chi connectivity index (χ4v) is 2.80. The van der Waals surface area contributed by atoms with Gasteiger partial charge in [-0.2, -0.15) is 5.21 Å². The van der Waals surface area contributed by atoms with Gasteiger partial charge in [-0.25, -0.2) is 0 Å². The minimum atomic E-state index is -0.805. The van der Waals surface area contributed by atoms with Crippen molar-refractivity contribution in [3.05, 3.63) is 40.1 Å². The van der Waals surface area contributed by atoms with Crippen molar-refractivity contribution in [1.82, 2.24) is 20.6 Å². The highest BCUT2D eigenvalue weighted by Crippen LogP contribution is 2.30. The average molecular weight is 367 g/mol. The molecule has 0 fully saturated rings. The molecule has 0 aliphatic carbocycles. The third kappa shape index (κ3) is 4.37. The molecule has 1 aromatic carbocycles. The third-order valence-electron chi connectivity index (χ3n) is 3.73. The molecule has 0 saturated heterocycles. The summed E-state index contributed by atoms with van der Waals surface area (Å²) in [7, 11) is 0. The van der Waals surface area contributed by atoms with Crippen LogP contribution in [0, 0.1) is 5.92 Å². The summed E-state index contributed by atoms with van der Waals surface area (Å²) in [4.78, 5) is 11.7. The zero-order valence-electron chi connectivity index (χ0n) is 12.4.